The van der Waals surface area contributed by atoms with Gasteiger partial charge >= 0.3 is 5.97 Å². The quantitative estimate of drug-likeness (QED) is 0.652. The van der Waals surface area contributed by atoms with E-state index < -0.39 is 5.97 Å². The van der Waals surface area contributed by atoms with E-state index in [1.165, 1.54) is 7.11 Å². The van der Waals surface area contributed by atoms with E-state index in [4.69, 9.17) is 15.2 Å². The summed E-state index contributed by atoms with van der Waals surface area (Å²) in [5.41, 5.74) is 8.39. The molecule has 5 heteroatoms. The van der Waals surface area contributed by atoms with E-state index in [1.54, 1.807) is 18.2 Å². The van der Waals surface area contributed by atoms with E-state index in [2.05, 4.69) is 5.32 Å². The van der Waals surface area contributed by atoms with Crippen LogP contribution < -0.4 is 15.8 Å². The van der Waals surface area contributed by atoms with Crippen molar-refractivity contribution in [2.45, 2.75) is 6.92 Å². The predicted molar refractivity (Wildman–Crippen MR) is 83.1 cm³/mol. The third-order valence-electron chi connectivity index (χ3n) is 2.90. The normalized spacial score (nSPS) is 10.0. The third kappa shape index (κ3) is 3.66. The van der Waals surface area contributed by atoms with Crippen molar-refractivity contribution in [3.63, 3.8) is 0 Å². The number of carbonyl (C=O) groups excluding carboxylic acids is 1. The van der Waals surface area contributed by atoms with Gasteiger partial charge in [-0.3, -0.25) is 0 Å². The van der Waals surface area contributed by atoms with Crippen LogP contribution in [0.1, 0.15) is 17.3 Å². The van der Waals surface area contributed by atoms with Crippen LogP contribution in [0.25, 0.3) is 0 Å². The Bertz CT molecular complexity index is 641. The van der Waals surface area contributed by atoms with Crippen LogP contribution in [-0.4, -0.2) is 19.7 Å². The number of hydrogen-bond acceptors (Lipinski definition) is 5. The number of anilines is 3. The first-order valence-electron chi connectivity index (χ1n) is 6.61. The lowest BCUT2D eigenvalue weighted by Crippen LogP contribution is -2.04. The topological polar surface area (TPSA) is 73.6 Å². The minimum absolute atomic E-state index is 0.402. The highest BCUT2D eigenvalue weighted by atomic mass is 16.5. The first kappa shape index (κ1) is 14.7. The van der Waals surface area contributed by atoms with Crippen molar-refractivity contribution in [1.29, 1.82) is 0 Å². The maximum Gasteiger partial charge on any atom is 0.337 e. The average Bonchev–Trinajstić information content (AvgIpc) is 2.49. The Hall–Kier alpha value is -2.69. The van der Waals surface area contributed by atoms with Gasteiger partial charge in [-0.05, 0) is 37.3 Å². The van der Waals surface area contributed by atoms with Gasteiger partial charge in [0.15, 0.2) is 0 Å². The number of benzene rings is 2. The third-order valence-corrected chi connectivity index (χ3v) is 2.90. The number of hydrogen-bond donors (Lipinski definition) is 2. The predicted octanol–water partition coefficient (Wildman–Crippen LogP) is 3.20. The number of esters is 1. The van der Waals surface area contributed by atoms with Gasteiger partial charge < -0.3 is 20.5 Å². The van der Waals surface area contributed by atoms with Crippen molar-refractivity contribution >= 4 is 23.0 Å². The van der Waals surface area contributed by atoms with Gasteiger partial charge in [-0.25, -0.2) is 4.79 Å². The molecular formula is C16H18N2O3. The van der Waals surface area contributed by atoms with E-state index in [-0.39, 0.29) is 0 Å². The molecule has 21 heavy (non-hydrogen) atoms. The number of nitrogens with one attached hydrogen (secondary N) is 1. The summed E-state index contributed by atoms with van der Waals surface area (Å²) in [6.45, 7) is 2.53. The van der Waals surface area contributed by atoms with Crippen LogP contribution in [-0.2, 0) is 4.74 Å². The molecule has 5 nitrogen and oxygen atoms in total. The van der Waals surface area contributed by atoms with Gasteiger partial charge in [0.25, 0.3) is 0 Å². The SMILES string of the molecule is CCOc1cccc(Nc2cc(C(=O)OC)ccc2N)c1. The second kappa shape index (κ2) is 6.65. The minimum Gasteiger partial charge on any atom is -0.494 e. The van der Waals surface area contributed by atoms with E-state index >= 15 is 0 Å². The van der Waals surface area contributed by atoms with Gasteiger partial charge in [0.05, 0.1) is 30.7 Å². The van der Waals surface area contributed by atoms with Gasteiger partial charge in [0, 0.05) is 11.8 Å². The summed E-state index contributed by atoms with van der Waals surface area (Å²) in [5.74, 6) is 0.367. The van der Waals surface area contributed by atoms with Crippen molar-refractivity contribution in [3.05, 3.63) is 48.0 Å². The maximum absolute atomic E-state index is 11.6. The number of carbonyl (C=O) groups is 1. The van der Waals surface area contributed by atoms with Crippen molar-refractivity contribution in [1.82, 2.24) is 0 Å². The fourth-order valence-electron chi connectivity index (χ4n) is 1.90. The van der Waals surface area contributed by atoms with E-state index in [9.17, 15) is 4.79 Å². The maximum atomic E-state index is 11.6. The first-order valence-corrected chi connectivity index (χ1v) is 6.61. The monoisotopic (exact) mass is 286 g/mol. The summed E-state index contributed by atoms with van der Waals surface area (Å²) in [4.78, 5) is 11.6. The molecule has 0 aliphatic rings. The number of nitrogen functional groups attached to an aromatic ring is 1. The summed E-state index contributed by atoms with van der Waals surface area (Å²) in [5, 5.41) is 3.18. The zero-order valence-corrected chi connectivity index (χ0v) is 12.1. The smallest absolute Gasteiger partial charge is 0.337 e. The molecule has 0 spiro atoms. The van der Waals surface area contributed by atoms with Crippen molar-refractivity contribution in [3.8, 4) is 5.75 Å². The molecule has 0 unspecified atom stereocenters. The number of methoxy groups -OCH3 is 1. The van der Waals surface area contributed by atoms with Crippen LogP contribution in [0.4, 0.5) is 17.1 Å². The molecule has 0 bridgehead atoms. The highest BCUT2D eigenvalue weighted by molar-refractivity contribution is 5.92. The molecule has 2 aromatic carbocycles. The number of rotatable bonds is 5. The Morgan fingerprint density at radius 1 is 1.24 bits per heavy atom. The second-order valence-corrected chi connectivity index (χ2v) is 4.38. The summed E-state index contributed by atoms with van der Waals surface area (Å²) < 4.78 is 10.2. The average molecular weight is 286 g/mol. The van der Waals surface area contributed by atoms with Crippen molar-refractivity contribution < 1.29 is 14.3 Å². The zero-order valence-electron chi connectivity index (χ0n) is 12.1. The molecular weight excluding hydrogens is 268 g/mol. The van der Waals surface area contributed by atoms with E-state index in [1.807, 2.05) is 31.2 Å². The van der Waals surface area contributed by atoms with Gasteiger partial charge in [-0.2, -0.15) is 0 Å². The lowest BCUT2D eigenvalue weighted by atomic mass is 10.1. The molecule has 0 aliphatic heterocycles. The van der Waals surface area contributed by atoms with Crippen LogP contribution in [0.5, 0.6) is 5.75 Å². The molecule has 2 rings (SSSR count). The highest BCUT2D eigenvalue weighted by Gasteiger charge is 2.09. The first-order chi connectivity index (χ1) is 10.1. The van der Waals surface area contributed by atoms with E-state index in [0.717, 1.165) is 11.4 Å². The van der Waals surface area contributed by atoms with Crippen LogP contribution in [0.15, 0.2) is 42.5 Å². The molecule has 0 saturated carbocycles. The fraction of sp³-hybridized carbons (Fsp3) is 0.188. The highest BCUT2D eigenvalue weighted by Crippen LogP contribution is 2.26. The van der Waals surface area contributed by atoms with Crippen LogP contribution >= 0.6 is 0 Å². The van der Waals surface area contributed by atoms with Crippen LogP contribution in [0.3, 0.4) is 0 Å². The molecule has 0 saturated heterocycles. The molecule has 0 aliphatic carbocycles. The van der Waals surface area contributed by atoms with E-state index in [0.29, 0.717) is 23.5 Å². The molecule has 0 fully saturated rings. The Morgan fingerprint density at radius 2 is 2.05 bits per heavy atom. The molecule has 0 heterocycles. The Morgan fingerprint density at radius 3 is 2.76 bits per heavy atom. The van der Waals surface area contributed by atoms with Gasteiger partial charge in [0.2, 0.25) is 0 Å². The van der Waals surface area contributed by atoms with Crippen molar-refractivity contribution in [2.75, 3.05) is 24.8 Å². The largest absolute Gasteiger partial charge is 0.494 e. The van der Waals surface area contributed by atoms with Gasteiger partial charge in [-0.1, -0.05) is 6.07 Å². The summed E-state index contributed by atoms with van der Waals surface area (Å²) in [6, 6.07) is 12.5. The summed E-state index contributed by atoms with van der Waals surface area (Å²) >= 11 is 0. The molecule has 0 atom stereocenters. The fourth-order valence-corrected chi connectivity index (χ4v) is 1.90. The van der Waals surface area contributed by atoms with Crippen LogP contribution in [0, 0.1) is 0 Å². The lowest BCUT2D eigenvalue weighted by Gasteiger charge is -2.12. The molecule has 110 valence electrons. The summed E-state index contributed by atoms with van der Waals surface area (Å²) in [7, 11) is 1.34. The van der Waals surface area contributed by atoms with Crippen molar-refractivity contribution in [2.24, 2.45) is 0 Å². The van der Waals surface area contributed by atoms with Crippen LogP contribution in [0.2, 0.25) is 0 Å². The Labute approximate surface area is 123 Å². The number of ether oxygens (including phenoxy) is 2. The summed E-state index contributed by atoms with van der Waals surface area (Å²) in [6.07, 6.45) is 0. The molecule has 3 N–H and O–H groups in total. The minimum atomic E-state index is -0.402. The molecule has 0 radical (unpaired) electrons. The standard InChI is InChI=1S/C16H18N2O3/c1-3-21-13-6-4-5-12(10-13)18-15-9-11(16(19)20-2)7-8-14(15)17/h4-10,18H,3,17H2,1-2H3. The molecule has 0 amide bonds. The molecule has 2 aromatic rings. The molecule has 0 aromatic heterocycles. The number of nitrogens with two attached hydrogens (primary N) is 1. The lowest BCUT2D eigenvalue weighted by molar-refractivity contribution is 0.0601. The second-order valence-electron chi connectivity index (χ2n) is 4.38. The van der Waals surface area contributed by atoms with Gasteiger partial charge in [0.1, 0.15) is 5.75 Å². The Kier molecular flexibility index (Phi) is 4.66. The zero-order chi connectivity index (χ0) is 15.2. The Balaban J connectivity index is 2.26. The van der Waals surface area contributed by atoms with Gasteiger partial charge in [-0.15, -0.1) is 0 Å².